The monoisotopic (exact) mass is 410 g/mol. The van der Waals surface area contributed by atoms with Gasteiger partial charge in [0.15, 0.2) is 0 Å². The normalized spacial score (nSPS) is 16.9. The molecule has 0 atom stereocenters. The lowest BCUT2D eigenvalue weighted by molar-refractivity contribution is -0.131. The molecule has 0 spiro atoms. The number of para-hydroxylation sites is 4. The lowest BCUT2D eigenvalue weighted by atomic mass is 10.2. The Bertz CT molecular complexity index is 927. The number of hydrogen-bond donors (Lipinski definition) is 1. The highest BCUT2D eigenvalue weighted by Crippen LogP contribution is 2.30. The molecule has 0 bridgehead atoms. The van der Waals surface area contributed by atoms with Crippen LogP contribution in [0.5, 0.6) is 11.5 Å². The molecule has 8 nitrogen and oxygen atoms in total. The number of amides is 3. The summed E-state index contributed by atoms with van der Waals surface area (Å²) in [5, 5.41) is 10.0. The lowest BCUT2D eigenvalue weighted by Crippen LogP contribution is -2.51. The Hall–Kier alpha value is -3.42. The van der Waals surface area contributed by atoms with Crippen molar-refractivity contribution >= 4 is 23.3 Å². The second-order valence-corrected chi connectivity index (χ2v) is 7.38. The second kappa shape index (κ2) is 8.52. The van der Waals surface area contributed by atoms with Crippen LogP contribution in [0.3, 0.4) is 0 Å². The van der Waals surface area contributed by atoms with Crippen molar-refractivity contribution in [3.63, 3.8) is 0 Å². The van der Waals surface area contributed by atoms with Crippen molar-refractivity contribution in [2.45, 2.75) is 0 Å². The van der Waals surface area contributed by atoms with E-state index >= 15 is 0 Å². The van der Waals surface area contributed by atoms with Gasteiger partial charge in [0.25, 0.3) is 0 Å². The molecule has 2 aromatic rings. The summed E-state index contributed by atoms with van der Waals surface area (Å²) in [7, 11) is 1.58. The first-order valence-corrected chi connectivity index (χ1v) is 10.1. The molecule has 2 fully saturated rings. The van der Waals surface area contributed by atoms with Gasteiger partial charge >= 0.3 is 6.03 Å². The van der Waals surface area contributed by atoms with Gasteiger partial charge in [0.1, 0.15) is 18.0 Å². The van der Waals surface area contributed by atoms with Crippen LogP contribution in [-0.2, 0) is 4.79 Å². The molecule has 0 aromatic heterocycles. The van der Waals surface area contributed by atoms with E-state index in [1.807, 2.05) is 36.4 Å². The van der Waals surface area contributed by atoms with Crippen LogP contribution in [0.15, 0.2) is 48.5 Å². The fourth-order valence-electron chi connectivity index (χ4n) is 4.00. The van der Waals surface area contributed by atoms with Crippen molar-refractivity contribution in [2.24, 2.45) is 0 Å². The van der Waals surface area contributed by atoms with E-state index in [9.17, 15) is 14.7 Å². The number of ether oxygens (including phenoxy) is 1. The van der Waals surface area contributed by atoms with Gasteiger partial charge in [-0.2, -0.15) is 0 Å². The van der Waals surface area contributed by atoms with Gasteiger partial charge in [-0.1, -0.05) is 24.3 Å². The molecule has 0 aliphatic carbocycles. The Morgan fingerprint density at radius 3 is 2.30 bits per heavy atom. The minimum Gasteiger partial charge on any atom is -0.506 e. The number of urea groups is 1. The number of phenols is 1. The fraction of sp³-hybridized carbons (Fsp3) is 0.364. The first kappa shape index (κ1) is 19.9. The molecule has 2 aromatic carbocycles. The molecule has 1 N–H and O–H groups in total. The van der Waals surface area contributed by atoms with E-state index in [1.165, 1.54) is 0 Å². The van der Waals surface area contributed by atoms with Crippen LogP contribution in [0.25, 0.3) is 0 Å². The highest BCUT2D eigenvalue weighted by atomic mass is 16.5. The zero-order valence-electron chi connectivity index (χ0n) is 17.0. The minimum atomic E-state index is -0.180. The molecule has 0 radical (unpaired) electrons. The summed E-state index contributed by atoms with van der Waals surface area (Å²) >= 11 is 0. The number of methoxy groups -OCH3 is 1. The van der Waals surface area contributed by atoms with Gasteiger partial charge in [-0.25, -0.2) is 4.79 Å². The average molecular weight is 410 g/mol. The molecule has 0 unspecified atom stereocenters. The van der Waals surface area contributed by atoms with E-state index in [2.05, 4.69) is 4.90 Å². The number of aromatic hydroxyl groups is 1. The van der Waals surface area contributed by atoms with Crippen molar-refractivity contribution in [1.82, 2.24) is 9.80 Å². The summed E-state index contributed by atoms with van der Waals surface area (Å²) in [4.78, 5) is 32.8. The first-order valence-electron chi connectivity index (χ1n) is 10.1. The Kier molecular flexibility index (Phi) is 5.65. The predicted molar refractivity (Wildman–Crippen MR) is 114 cm³/mol. The van der Waals surface area contributed by atoms with Gasteiger partial charge in [0.2, 0.25) is 5.91 Å². The highest BCUT2D eigenvalue weighted by Gasteiger charge is 2.33. The van der Waals surface area contributed by atoms with E-state index in [0.29, 0.717) is 45.0 Å². The quantitative estimate of drug-likeness (QED) is 0.816. The molecule has 2 saturated heterocycles. The highest BCUT2D eigenvalue weighted by molar-refractivity contribution is 5.97. The summed E-state index contributed by atoms with van der Waals surface area (Å²) in [6.45, 7) is 3.50. The van der Waals surface area contributed by atoms with Crippen LogP contribution in [0.1, 0.15) is 0 Å². The summed E-state index contributed by atoms with van der Waals surface area (Å²) in [6, 6.07) is 14.4. The van der Waals surface area contributed by atoms with Crippen LogP contribution in [0.4, 0.5) is 16.2 Å². The molecule has 2 aliphatic heterocycles. The van der Waals surface area contributed by atoms with E-state index in [4.69, 9.17) is 4.74 Å². The van der Waals surface area contributed by atoms with Gasteiger partial charge < -0.3 is 24.5 Å². The number of piperazine rings is 1. The SMILES string of the molecule is COc1ccccc1N1CCN(CC(=O)N2CCN(c3ccccc3O)CC2)C1=O. The first-order chi connectivity index (χ1) is 14.6. The van der Waals surface area contributed by atoms with Crippen LogP contribution in [0.2, 0.25) is 0 Å². The maximum absolute atomic E-state index is 12.9. The number of benzene rings is 2. The molecule has 2 heterocycles. The van der Waals surface area contributed by atoms with Gasteiger partial charge in [-0.05, 0) is 24.3 Å². The Labute approximate surface area is 175 Å². The fourth-order valence-corrected chi connectivity index (χ4v) is 4.00. The summed E-state index contributed by atoms with van der Waals surface area (Å²) < 4.78 is 5.36. The second-order valence-electron chi connectivity index (χ2n) is 7.38. The summed E-state index contributed by atoms with van der Waals surface area (Å²) in [6.07, 6.45) is 0. The molecule has 0 saturated carbocycles. The van der Waals surface area contributed by atoms with Crippen molar-refractivity contribution in [3.8, 4) is 11.5 Å². The summed E-state index contributed by atoms with van der Waals surface area (Å²) in [5.41, 5.74) is 1.50. The number of anilines is 2. The maximum Gasteiger partial charge on any atom is 0.325 e. The topological polar surface area (TPSA) is 76.6 Å². The predicted octanol–water partition coefficient (Wildman–Crippen LogP) is 1.99. The lowest BCUT2D eigenvalue weighted by Gasteiger charge is -2.36. The zero-order valence-corrected chi connectivity index (χ0v) is 17.0. The largest absolute Gasteiger partial charge is 0.506 e. The molecular weight excluding hydrogens is 384 g/mol. The van der Waals surface area contributed by atoms with E-state index < -0.39 is 0 Å². The molecule has 30 heavy (non-hydrogen) atoms. The zero-order chi connectivity index (χ0) is 21.1. The molecule has 3 amide bonds. The van der Waals surface area contributed by atoms with Crippen molar-refractivity contribution in [2.75, 3.05) is 62.7 Å². The van der Waals surface area contributed by atoms with Gasteiger partial charge in [0, 0.05) is 39.3 Å². The van der Waals surface area contributed by atoms with Crippen LogP contribution >= 0.6 is 0 Å². The number of rotatable bonds is 5. The smallest absolute Gasteiger partial charge is 0.325 e. The number of carbonyl (C=O) groups is 2. The van der Waals surface area contributed by atoms with E-state index in [0.717, 1.165) is 11.4 Å². The van der Waals surface area contributed by atoms with Crippen LogP contribution in [-0.4, -0.2) is 79.8 Å². The van der Waals surface area contributed by atoms with Crippen molar-refractivity contribution in [1.29, 1.82) is 0 Å². The molecular formula is C22H26N4O4. The molecule has 158 valence electrons. The van der Waals surface area contributed by atoms with Gasteiger partial charge in [0.05, 0.1) is 18.5 Å². The third-order valence-electron chi connectivity index (χ3n) is 5.65. The van der Waals surface area contributed by atoms with E-state index in [-0.39, 0.29) is 24.2 Å². The number of nitrogens with zero attached hydrogens (tertiary/aromatic N) is 4. The Balaban J connectivity index is 1.34. The van der Waals surface area contributed by atoms with Crippen LogP contribution < -0.4 is 14.5 Å². The summed E-state index contributed by atoms with van der Waals surface area (Å²) in [5.74, 6) is 0.831. The van der Waals surface area contributed by atoms with Crippen molar-refractivity contribution < 1.29 is 19.4 Å². The number of phenolic OH excluding ortho intramolecular Hbond substituents is 1. The third-order valence-corrected chi connectivity index (χ3v) is 5.65. The Morgan fingerprint density at radius 2 is 1.60 bits per heavy atom. The molecule has 2 aliphatic rings. The number of carbonyl (C=O) groups excluding carboxylic acids is 2. The minimum absolute atomic E-state index is 0.0536. The maximum atomic E-state index is 12.9. The average Bonchev–Trinajstić information content (AvgIpc) is 3.14. The van der Waals surface area contributed by atoms with Crippen LogP contribution in [0, 0.1) is 0 Å². The standard InChI is InChI=1S/C22H26N4O4/c1-30-20-9-5-3-7-18(20)26-15-14-25(22(26)29)16-21(28)24-12-10-23(11-13-24)17-6-2-4-8-19(17)27/h2-9,27H,10-16H2,1H3. The van der Waals surface area contributed by atoms with Gasteiger partial charge in [-0.15, -0.1) is 0 Å². The molecule has 8 heteroatoms. The number of hydrogen-bond acceptors (Lipinski definition) is 5. The van der Waals surface area contributed by atoms with Crippen molar-refractivity contribution in [3.05, 3.63) is 48.5 Å². The third kappa shape index (κ3) is 3.85. The van der Waals surface area contributed by atoms with Gasteiger partial charge in [-0.3, -0.25) is 9.69 Å². The van der Waals surface area contributed by atoms with E-state index in [1.54, 1.807) is 33.9 Å². The molecule has 4 rings (SSSR count). The Morgan fingerprint density at radius 1 is 0.933 bits per heavy atom.